The number of carbonyl (C=O) groups is 2. The van der Waals surface area contributed by atoms with Gasteiger partial charge in [-0.25, -0.2) is 4.98 Å². The zero-order chi connectivity index (χ0) is 24.8. The molecule has 0 amide bonds. The molecule has 1 heterocycles. The van der Waals surface area contributed by atoms with E-state index in [1.54, 1.807) is 0 Å². The summed E-state index contributed by atoms with van der Waals surface area (Å²) < 4.78 is 12.8. The lowest BCUT2D eigenvalue weighted by molar-refractivity contribution is -0.149. The van der Waals surface area contributed by atoms with E-state index in [9.17, 15) is 9.59 Å². The lowest BCUT2D eigenvalue weighted by Gasteiger charge is -2.14. The van der Waals surface area contributed by atoms with Crippen LogP contribution in [0.15, 0.2) is 28.6 Å². The molecule has 2 rings (SSSR count). The first kappa shape index (κ1) is 28.6. The minimum absolute atomic E-state index is 0.00122. The molecule has 1 atom stereocenters. The maximum atomic E-state index is 12.8. The number of benzene rings is 1. The molecule has 1 aromatic heterocycles. The van der Waals surface area contributed by atoms with Crippen LogP contribution in [-0.4, -0.2) is 35.4 Å². The molecule has 5 nitrogen and oxygen atoms in total. The van der Waals surface area contributed by atoms with Crippen molar-refractivity contribution in [3.8, 4) is 0 Å². The van der Waals surface area contributed by atoms with Gasteiger partial charge in [-0.05, 0) is 36.8 Å². The lowest BCUT2D eigenvalue weighted by atomic mass is 10.1. The molecule has 0 saturated heterocycles. The highest BCUT2D eigenvalue weighted by atomic mass is 32.2. The van der Waals surface area contributed by atoms with Gasteiger partial charge in [0.2, 0.25) is 0 Å². The first-order chi connectivity index (χ1) is 16.3. The molecule has 0 radical (unpaired) electrons. The van der Waals surface area contributed by atoms with Crippen molar-refractivity contribution in [1.29, 1.82) is 0 Å². The van der Waals surface area contributed by atoms with Gasteiger partial charge in [-0.1, -0.05) is 90.1 Å². The number of rotatable bonds is 17. The van der Waals surface area contributed by atoms with E-state index in [-0.39, 0.29) is 18.4 Å². The minimum Gasteiger partial charge on any atom is -0.466 e. The quantitative estimate of drug-likeness (QED) is 0.124. The third-order valence-electron chi connectivity index (χ3n) is 5.49. The molecule has 1 aromatic carbocycles. The van der Waals surface area contributed by atoms with Crippen LogP contribution >= 0.6 is 23.1 Å². The molecule has 0 N–H and O–H groups in total. The summed E-state index contributed by atoms with van der Waals surface area (Å²) in [5, 5.41) is -0.648. The number of ether oxygens (including phenoxy) is 2. The Bertz CT molecular complexity index is 832. The summed E-state index contributed by atoms with van der Waals surface area (Å²) in [4.78, 5) is 29.9. The summed E-state index contributed by atoms with van der Waals surface area (Å²) in [5.41, 5.74) is 0.899. The van der Waals surface area contributed by atoms with Gasteiger partial charge in [-0.3, -0.25) is 9.59 Å². The van der Waals surface area contributed by atoms with Crippen LogP contribution in [0.25, 0.3) is 10.2 Å². The van der Waals surface area contributed by atoms with Crippen molar-refractivity contribution in [3.63, 3.8) is 0 Å². The van der Waals surface area contributed by atoms with E-state index in [1.165, 1.54) is 35.9 Å². The van der Waals surface area contributed by atoms with Crippen molar-refractivity contribution < 1.29 is 19.1 Å². The van der Waals surface area contributed by atoms with Crippen molar-refractivity contribution in [2.45, 2.75) is 95.1 Å². The Labute approximate surface area is 213 Å². The smallest absolute Gasteiger partial charge is 0.320 e. The molecule has 0 aliphatic heterocycles. The van der Waals surface area contributed by atoms with Gasteiger partial charge in [0.05, 0.1) is 29.9 Å². The fourth-order valence-electron chi connectivity index (χ4n) is 3.52. The number of thiazole rings is 1. The molecule has 0 aliphatic rings. The Morgan fingerprint density at radius 2 is 1.50 bits per heavy atom. The second-order valence-electron chi connectivity index (χ2n) is 9.63. The van der Waals surface area contributed by atoms with E-state index in [0.717, 1.165) is 53.1 Å². The molecule has 1 unspecified atom stereocenters. The van der Waals surface area contributed by atoms with E-state index in [0.29, 0.717) is 25.0 Å². The van der Waals surface area contributed by atoms with Gasteiger partial charge >= 0.3 is 11.9 Å². The summed E-state index contributed by atoms with van der Waals surface area (Å²) in [6.07, 6.45) is 8.46. The van der Waals surface area contributed by atoms with Crippen molar-refractivity contribution in [1.82, 2.24) is 4.98 Å². The molecule has 7 heteroatoms. The van der Waals surface area contributed by atoms with Crippen molar-refractivity contribution in [2.75, 3.05) is 13.2 Å². The Morgan fingerprint density at radius 3 is 2.12 bits per heavy atom. The lowest BCUT2D eigenvalue weighted by Crippen LogP contribution is -2.25. The van der Waals surface area contributed by atoms with Gasteiger partial charge in [0, 0.05) is 0 Å². The molecule has 0 aliphatic carbocycles. The largest absolute Gasteiger partial charge is 0.466 e. The number of fused-ring (bicyclic) bond motifs is 1. The van der Waals surface area contributed by atoms with Crippen molar-refractivity contribution in [2.24, 2.45) is 11.8 Å². The molecule has 0 bridgehead atoms. The minimum atomic E-state index is -0.648. The molecule has 2 aromatic rings. The normalized spacial score (nSPS) is 12.4. The second-order valence-corrected chi connectivity index (χ2v) is 12.1. The van der Waals surface area contributed by atoms with E-state index in [4.69, 9.17) is 9.47 Å². The van der Waals surface area contributed by atoms with E-state index in [1.807, 2.05) is 24.3 Å². The van der Waals surface area contributed by atoms with Crippen LogP contribution < -0.4 is 0 Å². The first-order valence-corrected chi connectivity index (χ1v) is 14.4. The van der Waals surface area contributed by atoms with Crippen LogP contribution in [0.1, 0.15) is 85.5 Å². The number of thioether (sulfide) groups is 1. The fraction of sp³-hybridized carbons (Fsp3) is 0.667. The number of hydrogen-bond donors (Lipinski definition) is 0. The topological polar surface area (TPSA) is 65.5 Å². The van der Waals surface area contributed by atoms with Crippen LogP contribution in [-0.2, 0) is 19.1 Å². The van der Waals surface area contributed by atoms with Crippen molar-refractivity contribution in [3.05, 3.63) is 24.3 Å². The summed E-state index contributed by atoms with van der Waals surface area (Å²) in [7, 11) is 0. The Balaban J connectivity index is 1.85. The van der Waals surface area contributed by atoms with Crippen LogP contribution in [0.4, 0.5) is 0 Å². The van der Waals surface area contributed by atoms with Gasteiger partial charge < -0.3 is 9.47 Å². The number of aromatic nitrogens is 1. The molecular weight excluding hydrogens is 466 g/mol. The second kappa shape index (κ2) is 16.1. The monoisotopic (exact) mass is 507 g/mol. The standard InChI is InChI=1S/C27H41NO4S2/c1-20(2)13-7-5-11-17-31-25(29)19-24(26(30)32-18-12-6-8-14-21(3)4)34-27-28-22-15-9-10-16-23(22)33-27/h9-10,15-16,20-21,24H,5-8,11-14,17-19H2,1-4H3. The molecule has 0 fully saturated rings. The van der Waals surface area contributed by atoms with Crippen LogP contribution in [0, 0.1) is 11.8 Å². The summed E-state index contributed by atoms with van der Waals surface area (Å²) in [6.45, 7) is 9.66. The SMILES string of the molecule is CC(C)CCCCCOC(=O)CC(Sc1nc2ccccc2s1)C(=O)OCCCCCC(C)C. The van der Waals surface area contributed by atoms with E-state index < -0.39 is 5.25 Å². The molecule has 34 heavy (non-hydrogen) atoms. The molecular formula is C27H41NO4S2. The van der Waals surface area contributed by atoms with Crippen LogP contribution in [0.3, 0.4) is 0 Å². The summed E-state index contributed by atoms with van der Waals surface area (Å²) in [6, 6.07) is 7.88. The first-order valence-electron chi connectivity index (χ1n) is 12.7. The number of nitrogens with zero attached hydrogens (tertiary/aromatic N) is 1. The fourth-order valence-corrected chi connectivity index (χ4v) is 5.81. The van der Waals surface area contributed by atoms with Gasteiger partial charge in [0.25, 0.3) is 0 Å². The highest BCUT2D eigenvalue weighted by Gasteiger charge is 2.27. The molecule has 0 saturated carbocycles. The van der Waals surface area contributed by atoms with Crippen LogP contribution in [0.2, 0.25) is 0 Å². The number of esters is 2. The Hall–Kier alpha value is -1.60. The predicted molar refractivity (Wildman–Crippen MR) is 142 cm³/mol. The number of para-hydroxylation sites is 1. The Morgan fingerprint density at radius 1 is 0.882 bits per heavy atom. The maximum absolute atomic E-state index is 12.8. The summed E-state index contributed by atoms with van der Waals surface area (Å²) >= 11 is 2.83. The van der Waals surface area contributed by atoms with Gasteiger partial charge in [-0.15, -0.1) is 11.3 Å². The van der Waals surface area contributed by atoms with Gasteiger partial charge in [0.1, 0.15) is 5.25 Å². The van der Waals surface area contributed by atoms with Crippen molar-refractivity contribution >= 4 is 45.3 Å². The third kappa shape index (κ3) is 11.7. The Kier molecular flexibility index (Phi) is 13.6. The predicted octanol–water partition coefficient (Wildman–Crippen LogP) is 7.67. The van der Waals surface area contributed by atoms with E-state index >= 15 is 0 Å². The number of hydrogen-bond acceptors (Lipinski definition) is 7. The highest BCUT2D eigenvalue weighted by Crippen LogP contribution is 2.33. The maximum Gasteiger partial charge on any atom is 0.320 e. The number of unbranched alkanes of at least 4 members (excludes halogenated alkanes) is 4. The average molecular weight is 508 g/mol. The molecule has 190 valence electrons. The zero-order valence-electron chi connectivity index (χ0n) is 21.2. The van der Waals surface area contributed by atoms with E-state index in [2.05, 4.69) is 32.7 Å². The zero-order valence-corrected chi connectivity index (χ0v) is 22.8. The number of carbonyl (C=O) groups excluding carboxylic acids is 2. The highest BCUT2D eigenvalue weighted by molar-refractivity contribution is 8.02. The van der Waals surface area contributed by atoms with Gasteiger partial charge in [0.15, 0.2) is 4.34 Å². The average Bonchev–Trinajstić information content (AvgIpc) is 3.20. The third-order valence-corrected chi connectivity index (χ3v) is 7.80. The van der Waals surface area contributed by atoms with Gasteiger partial charge in [-0.2, -0.15) is 0 Å². The van der Waals surface area contributed by atoms with Crippen LogP contribution in [0.5, 0.6) is 0 Å². The molecule has 0 spiro atoms. The summed E-state index contributed by atoms with van der Waals surface area (Å²) in [5.74, 6) is 0.681.